The van der Waals surface area contributed by atoms with Crippen molar-refractivity contribution in [1.29, 1.82) is 0 Å². The number of hydrogen-bond acceptors (Lipinski definition) is 3. The van der Waals surface area contributed by atoms with Crippen molar-refractivity contribution in [3.63, 3.8) is 0 Å². The van der Waals surface area contributed by atoms with Crippen LogP contribution in [0, 0.1) is 0 Å². The number of ether oxygens (including phenoxy) is 1. The summed E-state index contributed by atoms with van der Waals surface area (Å²) in [6.45, 7) is 2.36. The minimum absolute atomic E-state index is 0.308. The van der Waals surface area contributed by atoms with E-state index in [0.717, 1.165) is 17.2 Å². The highest BCUT2D eigenvalue weighted by molar-refractivity contribution is 8.00. The van der Waals surface area contributed by atoms with E-state index in [2.05, 4.69) is 24.0 Å². The molecule has 0 aromatic heterocycles. The average Bonchev–Trinajstić information content (AvgIpc) is 2.84. The molecule has 4 heteroatoms. The molecule has 2 unspecified atom stereocenters. The van der Waals surface area contributed by atoms with E-state index in [4.69, 9.17) is 16.3 Å². The Bertz CT molecular complexity index is 432. The Hall–Kier alpha value is -0.380. The van der Waals surface area contributed by atoms with Crippen LogP contribution in [0.25, 0.3) is 0 Å². The second kappa shape index (κ2) is 6.38. The minimum Gasteiger partial charge on any atom is -0.496 e. The highest BCUT2D eigenvalue weighted by Gasteiger charge is 2.37. The lowest BCUT2D eigenvalue weighted by molar-refractivity contribution is 0.392. The average molecular weight is 300 g/mol. The molecule has 1 aromatic carbocycles. The highest BCUT2D eigenvalue weighted by Crippen LogP contribution is 2.42. The molecule has 0 spiro atoms. The molecule has 0 radical (unpaired) electrons. The summed E-state index contributed by atoms with van der Waals surface area (Å²) in [5.74, 6) is 2.19. The molecule has 1 aliphatic heterocycles. The number of rotatable bonds is 5. The van der Waals surface area contributed by atoms with E-state index in [0.29, 0.717) is 10.8 Å². The lowest BCUT2D eigenvalue weighted by Crippen LogP contribution is -2.45. The summed E-state index contributed by atoms with van der Waals surface area (Å²) in [6.07, 6.45) is 3.53. The molecule has 1 fully saturated rings. The fraction of sp³-hybridized carbons (Fsp3) is 0.600. The number of hydrogen-bond donors (Lipinski definition) is 1. The Labute approximate surface area is 125 Å². The SMILES string of the molecule is CNC(Cc1cc(Cl)ccc1OC)C1(C)CCCS1. The third kappa shape index (κ3) is 3.39. The van der Waals surface area contributed by atoms with Crippen molar-refractivity contribution < 1.29 is 4.74 Å². The van der Waals surface area contributed by atoms with Gasteiger partial charge in [0.1, 0.15) is 5.75 Å². The molecule has 2 atom stereocenters. The van der Waals surface area contributed by atoms with Crippen LogP contribution in [0.1, 0.15) is 25.3 Å². The van der Waals surface area contributed by atoms with Crippen molar-refractivity contribution in [3.05, 3.63) is 28.8 Å². The van der Waals surface area contributed by atoms with Crippen LogP contribution in [0.15, 0.2) is 18.2 Å². The summed E-state index contributed by atoms with van der Waals surface area (Å²) in [5.41, 5.74) is 1.18. The second-order valence-corrected chi connectivity index (χ2v) is 7.33. The fourth-order valence-corrected chi connectivity index (χ4v) is 4.47. The van der Waals surface area contributed by atoms with Crippen molar-refractivity contribution in [2.45, 2.75) is 37.0 Å². The molecule has 1 saturated heterocycles. The van der Waals surface area contributed by atoms with E-state index in [1.54, 1.807) is 7.11 Å². The van der Waals surface area contributed by atoms with Gasteiger partial charge in [-0.1, -0.05) is 11.6 Å². The number of methoxy groups -OCH3 is 1. The third-order valence-corrected chi connectivity index (χ3v) is 5.88. The largest absolute Gasteiger partial charge is 0.496 e. The highest BCUT2D eigenvalue weighted by atomic mass is 35.5. The summed E-state index contributed by atoms with van der Waals surface area (Å²) in [6, 6.07) is 6.29. The van der Waals surface area contributed by atoms with Gasteiger partial charge in [0.05, 0.1) is 7.11 Å². The van der Waals surface area contributed by atoms with Crippen LogP contribution in [0.2, 0.25) is 5.02 Å². The van der Waals surface area contributed by atoms with Gasteiger partial charge < -0.3 is 10.1 Å². The zero-order valence-electron chi connectivity index (χ0n) is 11.8. The fourth-order valence-electron chi connectivity index (χ4n) is 2.83. The molecule has 0 bridgehead atoms. The Morgan fingerprint density at radius 1 is 1.53 bits per heavy atom. The third-order valence-electron chi connectivity index (χ3n) is 4.00. The van der Waals surface area contributed by atoms with Gasteiger partial charge in [-0.05, 0) is 62.7 Å². The molecule has 0 saturated carbocycles. The summed E-state index contributed by atoms with van der Waals surface area (Å²) in [7, 11) is 3.76. The smallest absolute Gasteiger partial charge is 0.122 e. The van der Waals surface area contributed by atoms with Gasteiger partial charge in [-0.25, -0.2) is 0 Å². The Morgan fingerprint density at radius 3 is 2.89 bits per heavy atom. The predicted molar refractivity (Wildman–Crippen MR) is 84.7 cm³/mol. The van der Waals surface area contributed by atoms with Gasteiger partial charge in [0, 0.05) is 15.8 Å². The molecule has 1 aliphatic rings. The number of nitrogens with one attached hydrogen (secondary N) is 1. The van der Waals surface area contributed by atoms with E-state index < -0.39 is 0 Å². The van der Waals surface area contributed by atoms with Crippen molar-refractivity contribution >= 4 is 23.4 Å². The molecular formula is C15H22ClNOS. The van der Waals surface area contributed by atoms with E-state index in [1.807, 2.05) is 25.2 Å². The molecule has 1 N–H and O–H groups in total. The maximum Gasteiger partial charge on any atom is 0.122 e. The number of thioether (sulfide) groups is 1. The summed E-state index contributed by atoms with van der Waals surface area (Å²) < 4.78 is 5.76. The van der Waals surface area contributed by atoms with Crippen LogP contribution < -0.4 is 10.1 Å². The lowest BCUT2D eigenvalue weighted by atomic mass is 9.90. The Morgan fingerprint density at radius 2 is 2.32 bits per heavy atom. The van der Waals surface area contributed by atoms with Gasteiger partial charge >= 0.3 is 0 Å². The molecule has 19 heavy (non-hydrogen) atoms. The van der Waals surface area contributed by atoms with Crippen LogP contribution in [0.3, 0.4) is 0 Å². The second-order valence-electron chi connectivity index (χ2n) is 5.27. The first kappa shape index (κ1) is 15.0. The summed E-state index contributed by atoms with van der Waals surface area (Å²) in [4.78, 5) is 0. The van der Waals surface area contributed by atoms with Crippen molar-refractivity contribution in [2.75, 3.05) is 19.9 Å². The maximum atomic E-state index is 6.11. The van der Waals surface area contributed by atoms with Crippen molar-refractivity contribution in [3.8, 4) is 5.75 Å². The van der Waals surface area contributed by atoms with Crippen molar-refractivity contribution in [2.24, 2.45) is 0 Å². The van der Waals surface area contributed by atoms with Gasteiger partial charge in [-0.15, -0.1) is 0 Å². The quantitative estimate of drug-likeness (QED) is 0.894. The number of halogens is 1. The monoisotopic (exact) mass is 299 g/mol. The zero-order chi connectivity index (χ0) is 13.9. The summed E-state index contributed by atoms with van der Waals surface area (Å²) in [5, 5.41) is 4.26. The van der Waals surface area contributed by atoms with Crippen molar-refractivity contribution in [1.82, 2.24) is 5.32 Å². The van der Waals surface area contributed by atoms with E-state index in [9.17, 15) is 0 Å². The first-order valence-electron chi connectivity index (χ1n) is 6.72. The first-order valence-corrected chi connectivity index (χ1v) is 8.09. The lowest BCUT2D eigenvalue weighted by Gasteiger charge is -2.33. The van der Waals surface area contributed by atoms with Gasteiger partial charge in [-0.2, -0.15) is 11.8 Å². The van der Waals surface area contributed by atoms with E-state index in [1.165, 1.54) is 24.2 Å². The molecule has 1 aromatic rings. The van der Waals surface area contributed by atoms with Crippen LogP contribution in [-0.2, 0) is 6.42 Å². The molecular weight excluding hydrogens is 278 g/mol. The number of benzene rings is 1. The standard InChI is InChI=1S/C15H22ClNOS/c1-15(7-4-8-19-15)14(17-2)10-11-9-12(16)5-6-13(11)18-3/h5-6,9,14,17H,4,7-8,10H2,1-3H3. The minimum atomic E-state index is 0.308. The van der Waals surface area contributed by atoms with E-state index >= 15 is 0 Å². The van der Waals surface area contributed by atoms with Crippen LogP contribution >= 0.6 is 23.4 Å². The zero-order valence-corrected chi connectivity index (χ0v) is 13.4. The summed E-state index contributed by atoms with van der Waals surface area (Å²) >= 11 is 8.19. The molecule has 0 amide bonds. The van der Waals surface area contributed by atoms with Gasteiger partial charge in [-0.3, -0.25) is 0 Å². The van der Waals surface area contributed by atoms with Crippen LogP contribution in [-0.4, -0.2) is 30.7 Å². The predicted octanol–water partition coefficient (Wildman–Crippen LogP) is 3.76. The Balaban J connectivity index is 2.20. The van der Waals surface area contributed by atoms with E-state index in [-0.39, 0.29) is 0 Å². The Kier molecular flexibility index (Phi) is 5.04. The molecule has 1 heterocycles. The topological polar surface area (TPSA) is 21.3 Å². The molecule has 106 valence electrons. The number of likely N-dealkylation sites (N-methyl/N-ethyl adjacent to an activating group) is 1. The first-order chi connectivity index (χ1) is 9.09. The maximum absolute atomic E-state index is 6.11. The van der Waals surface area contributed by atoms with Gasteiger partial charge in [0.25, 0.3) is 0 Å². The molecule has 2 rings (SSSR count). The van der Waals surface area contributed by atoms with Crippen LogP contribution in [0.4, 0.5) is 0 Å². The van der Waals surface area contributed by atoms with Crippen LogP contribution in [0.5, 0.6) is 5.75 Å². The normalized spacial score (nSPS) is 24.4. The van der Waals surface area contributed by atoms with Gasteiger partial charge in [0.2, 0.25) is 0 Å². The molecule has 2 nitrogen and oxygen atoms in total. The van der Waals surface area contributed by atoms with Gasteiger partial charge in [0.15, 0.2) is 0 Å². The molecule has 0 aliphatic carbocycles.